The fraction of sp³-hybridized carbons (Fsp3) is 0.531. The molecule has 0 bridgehead atoms. The van der Waals surface area contributed by atoms with Gasteiger partial charge in [-0.05, 0) is 53.0 Å². The molecule has 1 heterocycles. The van der Waals surface area contributed by atoms with E-state index >= 15 is 0 Å². The van der Waals surface area contributed by atoms with Crippen LogP contribution in [0.5, 0.6) is 5.75 Å². The average molecular weight is 604 g/mol. The van der Waals surface area contributed by atoms with E-state index in [2.05, 4.69) is 63.2 Å². The SMILES string of the molecule is Br.CCCCCCCCCCOc1cc(NC(=O)c2cccc(CN3C=C(C)SC3)c2)ccc1C(C)(C)C. The zero-order chi connectivity index (χ0) is 26.7. The van der Waals surface area contributed by atoms with Gasteiger partial charge in [0.15, 0.2) is 0 Å². The molecule has 1 aliphatic heterocycles. The van der Waals surface area contributed by atoms with E-state index in [1.165, 1.54) is 55.4 Å². The Morgan fingerprint density at radius 3 is 2.37 bits per heavy atom. The van der Waals surface area contributed by atoms with E-state index in [1.54, 1.807) is 0 Å². The van der Waals surface area contributed by atoms with Crippen molar-refractivity contribution >= 4 is 40.3 Å². The van der Waals surface area contributed by atoms with E-state index in [4.69, 9.17) is 4.74 Å². The Kier molecular flexibility index (Phi) is 13.8. The Morgan fingerprint density at radius 1 is 1.00 bits per heavy atom. The third-order valence-corrected chi connectivity index (χ3v) is 7.72. The van der Waals surface area contributed by atoms with Crippen LogP contribution in [-0.4, -0.2) is 23.3 Å². The number of allylic oxidation sites excluding steroid dienone is 1. The monoisotopic (exact) mass is 602 g/mol. The predicted molar refractivity (Wildman–Crippen MR) is 170 cm³/mol. The number of unbranched alkanes of at least 4 members (excludes halogenated alkanes) is 7. The first-order valence-electron chi connectivity index (χ1n) is 14.0. The molecular weight excluding hydrogens is 556 g/mol. The molecule has 0 aliphatic carbocycles. The average Bonchev–Trinajstić information content (AvgIpc) is 3.27. The Morgan fingerprint density at radius 2 is 1.71 bits per heavy atom. The lowest BCUT2D eigenvalue weighted by atomic mass is 9.86. The highest BCUT2D eigenvalue weighted by Gasteiger charge is 2.20. The minimum absolute atomic E-state index is 0. The van der Waals surface area contributed by atoms with Crippen molar-refractivity contribution in [1.82, 2.24) is 4.90 Å². The maximum Gasteiger partial charge on any atom is 0.255 e. The molecular formula is C32H47BrN2O2S. The molecule has 3 rings (SSSR count). The summed E-state index contributed by atoms with van der Waals surface area (Å²) in [7, 11) is 0. The molecule has 0 saturated heterocycles. The van der Waals surface area contributed by atoms with Crippen LogP contribution in [-0.2, 0) is 12.0 Å². The van der Waals surface area contributed by atoms with Crippen molar-refractivity contribution in [2.24, 2.45) is 0 Å². The summed E-state index contributed by atoms with van der Waals surface area (Å²) in [6.45, 7) is 12.5. The molecule has 0 spiro atoms. The number of halogens is 1. The van der Waals surface area contributed by atoms with Crippen molar-refractivity contribution in [2.75, 3.05) is 17.8 Å². The summed E-state index contributed by atoms with van der Waals surface area (Å²) in [5, 5.41) is 3.09. The molecule has 0 atom stereocenters. The summed E-state index contributed by atoms with van der Waals surface area (Å²) in [5.74, 6) is 1.74. The van der Waals surface area contributed by atoms with E-state index in [9.17, 15) is 4.79 Å². The highest BCUT2D eigenvalue weighted by Crippen LogP contribution is 2.34. The van der Waals surface area contributed by atoms with Gasteiger partial charge in [0, 0.05) is 30.1 Å². The van der Waals surface area contributed by atoms with E-state index in [0.717, 1.165) is 35.8 Å². The summed E-state index contributed by atoms with van der Waals surface area (Å²) in [5.41, 5.74) is 3.71. The third kappa shape index (κ3) is 10.7. The van der Waals surface area contributed by atoms with Crippen LogP contribution >= 0.6 is 28.7 Å². The third-order valence-electron chi connectivity index (χ3n) is 6.70. The Labute approximate surface area is 245 Å². The van der Waals surface area contributed by atoms with Gasteiger partial charge in [-0.2, -0.15) is 0 Å². The number of benzene rings is 2. The molecule has 0 aromatic heterocycles. The first-order chi connectivity index (χ1) is 17.8. The molecule has 1 amide bonds. The van der Waals surface area contributed by atoms with Gasteiger partial charge in [0.2, 0.25) is 0 Å². The number of carbonyl (C=O) groups is 1. The summed E-state index contributed by atoms with van der Waals surface area (Å²) < 4.78 is 6.27. The molecule has 2 aromatic carbocycles. The van der Waals surface area contributed by atoms with Gasteiger partial charge in [0.25, 0.3) is 5.91 Å². The van der Waals surface area contributed by atoms with Gasteiger partial charge in [-0.25, -0.2) is 0 Å². The van der Waals surface area contributed by atoms with E-state index < -0.39 is 0 Å². The van der Waals surface area contributed by atoms with Crippen molar-refractivity contribution in [2.45, 2.75) is 97.9 Å². The summed E-state index contributed by atoms with van der Waals surface area (Å²) >= 11 is 1.85. The lowest BCUT2D eigenvalue weighted by Gasteiger charge is -2.23. The minimum atomic E-state index is -0.0955. The van der Waals surface area contributed by atoms with Crippen LogP contribution in [0, 0.1) is 0 Å². The van der Waals surface area contributed by atoms with E-state index in [1.807, 2.05) is 42.1 Å². The van der Waals surface area contributed by atoms with Crippen molar-refractivity contribution in [3.05, 3.63) is 70.3 Å². The number of carbonyl (C=O) groups excluding carboxylic acids is 1. The van der Waals surface area contributed by atoms with Crippen LogP contribution in [0.15, 0.2) is 53.6 Å². The number of anilines is 1. The van der Waals surface area contributed by atoms with Crippen molar-refractivity contribution in [3.63, 3.8) is 0 Å². The number of nitrogens with zero attached hydrogens (tertiary/aromatic N) is 1. The van der Waals surface area contributed by atoms with E-state index in [-0.39, 0.29) is 28.3 Å². The van der Waals surface area contributed by atoms with Crippen LogP contribution in [0.4, 0.5) is 5.69 Å². The summed E-state index contributed by atoms with van der Waals surface area (Å²) in [6, 6.07) is 14.0. The molecule has 1 N–H and O–H groups in total. The van der Waals surface area contributed by atoms with Gasteiger partial charge in [-0.15, -0.1) is 28.7 Å². The highest BCUT2D eigenvalue weighted by molar-refractivity contribution is 8.93. The summed E-state index contributed by atoms with van der Waals surface area (Å²) in [6.07, 6.45) is 12.4. The molecule has 0 saturated carbocycles. The normalized spacial score (nSPS) is 13.2. The fourth-order valence-electron chi connectivity index (χ4n) is 4.61. The van der Waals surface area contributed by atoms with Crippen LogP contribution in [0.3, 0.4) is 0 Å². The summed E-state index contributed by atoms with van der Waals surface area (Å²) in [4.78, 5) is 16.7. The number of hydrogen-bond acceptors (Lipinski definition) is 4. The van der Waals surface area contributed by atoms with Crippen LogP contribution in [0.1, 0.15) is 107 Å². The zero-order valence-electron chi connectivity index (χ0n) is 24.0. The van der Waals surface area contributed by atoms with Gasteiger partial charge in [-0.3, -0.25) is 4.79 Å². The number of ether oxygens (including phenoxy) is 1. The first-order valence-corrected chi connectivity index (χ1v) is 15.0. The van der Waals surface area contributed by atoms with Gasteiger partial charge in [0.1, 0.15) is 5.75 Å². The van der Waals surface area contributed by atoms with Gasteiger partial charge in [0.05, 0.1) is 12.5 Å². The quantitative estimate of drug-likeness (QED) is 0.218. The maximum absolute atomic E-state index is 13.1. The molecule has 38 heavy (non-hydrogen) atoms. The predicted octanol–water partition coefficient (Wildman–Crippen LogP) is 9.70. The molecule has 4 nitrogen and oxygen atoms in total. The molecule has 6 heteroatoms. The van der Waals surface area contributed by atoms with Crippen LogP contribution in [0.25, 0.3) is 0 Å². The fourth-order valence-corrected chi connectivity index (χ4v) is 5.37. The zero-order valence-corrected chi connectivity index (χ0v) is 26.5. The first kappa shape index (κ1) is 32.3. The molecule has 1 aliphatic rings. The van der Waals surface area contributed by atoms with Crippen molar-refractivity contribution < 1.29 is 9.53 Å². The second-order valence-corrected chi connectivity index (χ2v) is 12.4. The van der Waals surface area contributed by atoms with E-state index in [0.29, 0.717) is 12.2 Å². The number of hydrogen-bond donors (Lipinski definition) is 1. The Hall–Kier alpha value is -1.92. The van der Waals surface area contributed by atoms with Crippen molar-refractivity contribution in [3.8, 4) is 5.75 Å². The van der Waals surface area contributed by atoms with Gasteiger partial charge >= 0.3 is 0 Å². The second-order valence-electron chi connectivity index (χ2n) is 11.2. The molecule has 210 valence electrons. The maximum atomic E-state index is 13.1. The highest BCUT2D eigenvalue weighted by atomic mass is 79.9. The van der Waals surface area contributed by atoms with Crippen LogP contribution in [0.2, 0.25) is 0 Å². The Bertz CT molecular complexity index is 1050. The second kappa shape index (κ2) is 16.2. The lowest BCUT2D eigenvalue weighted by Crippen LogP contribution is -2.16. The van der Waals surface area contributed by atoms with Gasteiger partial charge in [-0.1, -0.05) is 90.8 Å². The Balaban J connectivity index is 0.00000507. The standard InChI is InChI=1S/C32H46N2O2S.BrH/c1-6-7-8-9-10-11-12-13-19-36-30-21-28(17-18-29(30)32(3,4)5)33-31(35)27-16-14-15-26(20-27)23-34-22-25(2)37-24-34;/h14-18,20-22H,6-13,19,23-24H2,1-5H3,(H,33,35);1H. The number of rotatable bonds is 14. The number of amides is 1. The topological polar surface area (TPSA) is 41.6 Å². The lowest BCUT2D eigenvalue weighted by molar-refractivity contribution is 0.102. The van der Waals surface area contributed by atoms with Gasteiger partial charge < -0.3 is 15.0 Å². The molecule has 2 aromatic rings. The molecule has 0 fully saturated rings. The van der Waals surface area contributed by atoms with Crippen molar-refractivity contribution in [1.29, 1.82) is 0 Å². The number of nitrogens with one attached hydrogen (secondary N) is 1. The smallest absolute Gasteiger partial charge is 0.255 e. The minimum Gasteiger partial charge on any atom is -0.493 e. The largest absolute Gasteiger partial charge is 0.493 e. The molecule has 0 unspecified atom stereocenters. The molecule has 0 radical (unpaired) electrons. The number of thioether (sulfide) groups is 1. The van der Waals surface area contributed by atoms with Crippen LogP contribution < -0.4 is 10.1 Å².